The largest absolute Gasteiger partial charge is 0.378 e. The molecule has 1 aromatic heterocycles. The van der Waals surface area contributed by atoms with Crippen LogP contribution in [-0.2, 0) is 16.6 Å². The highest BCUT2D eigenvalue weighted by molar-refractivity contribution is 8.00. The molecule has 0 radical (unpaired) electrons. The van der Waals surface area contributed by atoms with Crippen LogP contribution >= 0.6 is 11.8 Å². The molecule has 2 aromatic carbocycles. The van der Waals surface area contributed by atoms with Gasteiger partial charge in [0, 0.05) is 20.1 Å². The van der Waals surface area contributed by atoms with Crippen molar-refractivity contribution >= 4 is 28.7 Å². The number of hydrogen-bond acceptors (Lipinski definition) is 4. The van der Waals surface area contributed by atoms with E-state index in [0.717, 1.165) is 21.8 Å². The quantitative estimate of drug-likeness (QED) is 0.664. The fourth-order valence-corrected chi connectivity index (χ4v) is 4.33. The molecule has 0 spiro atoms. The minimum Gasteiger partial charge on any atom is -0.378 e. The molecule has 1 amide bonds. The molecule has 3 aromatic rings. The number of benzene rings is 2. The van der Waals surface area contributed by atoms with Crippen molar-refractivity contribution in [2.24, 2.45) is 7.05 Å². The van der Waals surface area contributed by atoms with Gasteiger partial charge in [-0.1, -0.05) is 54.2 Å². The molecule has 1 aliphatic heterocycles. The predicted molar refractivity (Wildman–Crippen MR) is 103 cm³/mol. The highest BCUT2D eigenvalue weighted by Gasteiger charge is 2.29. The number of carbonyl (C=O) groups excluding carboxylic acids is 1. The van der Waals surface area contributed by atoms with E-state index in [2.05, 4.69) is 4.57 Å². The summed E-state index contributed by atoms with van der Waals surface area (Å²) >= 11 is 1.52. The van der Waals surface area contributed by atoms with Crippen LogP contribution in [0.25, 0.3) is 11.0 Å². The Bertz CT molecular complexity index is 904. The highest BCUT2D eigenvalue weighted by atomic mass is 32.2. The molecule has 1 unspecified atom stereocenters. The predicted octanol–water partition coefficient (Wildman–Crippen LogP) is 3.27. The van der Waals surface area contributed by atoms with Crippen molar-refractivity contribution in [2.75, 3.05) is 26.3 Å². The summed E-state index contributed by atoms with van der Waals surface area (Å²) in [6.07, 6.45) is 0. The molecule has 0 bridgehead atoms. The maximum Gasteiger partial charge on any atom is 0.240 e. The number of amides is 1. The summed E-state index contributed by atoms with van der Waals surface area (Å²) in [6.45, 7) is 2.49. The standard InChI is InChI=1S/C20H21N3O2S/c1-22-17-10-6-5-9-16(17)21-20(22)26-18(15-7-3-2-4-8-15)19(24)23-11-13-25-14-12-23/h2-10,18H,11-14H2,1H3. The van der Waals surface area contributed by atoms with Gasteiger partial charge in [0.15, 0.2) is 5.16 Å². The Morgan fingerprint density at radius 1 is 1.08 bits per heavy atom. The van der Waals surface area contributed by atoms with Gasteiger partial charge < -0.3 is 14.2 Å². The van der Waals surface area contributed by atoms with Crippen molar-refractivity contribution in [1.82, 2.24) is 14.5 Å². The Morgan fingerprint density at radius 2 is 1.77 bits per heavy atom. The first kappa shape index (κ1) is 17.1. The van der Waals surface area contributed by atoms with Gasteiger partial charge in [0.1, 0.15) is 5.25 Å². The van der Waals surface area contributed by atoms with Crippen LogP contribution in [0.1, 0.15) is 10.8 Å². The molecule has 5 nitrogen and oxygen atoms in total. The lowest BCUT2D eigenvalue weighted by Crippen LogP contribution is -2.42. The van der Waals surface area contributed by atoms with Crippen molar-refractivity contribution in [2.45, 2.75) is 10.4 Å². The Morgan fingerprint density at radius 3 is 2.50 bits per heavy atom. The number of aromatic nitrogens is 2. The van der Waals surface area contributed by atoms with Crippen molar-refractivity contribution < 1.29 is 9.53 Å². The molecule has 1 aliphatic rings. The first-order valence-electron chi connectivity index (χ1n) is 8.73. The molecule has 4 rings (SSSR count). The van der Waals surface area contributed by atoms with Gasteiger partial charge in [0.05, 0.1) is 24.2 Å². The minimum absolute atomic E-state index is 0.122. The van der Waals surface area contributed by atoms with E-state index in [0.29, 0.717) is 26.3 Å². The summed E-state index contributed by atoms with van der Waals surface area (Å²) in [4.78, 5) is 19.9. The summed E-state index contributed by atoms with van der Waals surface area (Å²) in [5.41, 5.74) is 3.02. The second-order valence-corrected chi connectivity index (χ2v) is 7.36. The first-order chi connectivity index (χ1) is 12.7. The van der Waals surface area contributed by atoms with E-state index in [1.54, 1.807) is 0 Å². The smallest absolute Gasteiger partial charge is 0.240 e. The number of rotatable bonds is 4. The zero-order valence-electron chi connectivity index (χ0n) is 14.7. The van der Waals surface area contributed by atoms with Crippen LogP contribution in [0.3, 0.4) is 0 Å². The number of para-hydroxylation sites is 2. The Balaban J connectivity index is 1.68. The molecular formula is C20H21N3O2S. The molecule has 6 heteroatoms. The topological polar surface area (TPSA) is 47.4 Å². The lowest BCUT2D eigenvalue weighted by molar-refractivity contribution is -0.134. The third-order valence-electron chi connectivity index (χ3n) is 4.62. The van der Waals surface area contributed by atoms with Crippen LogP contribution < -0.4 is 0 Å². The molecule has 134 valence electrons. The molecule has 26 heavy (non-hydrogen) atoms. The number of thioether (sulfide) groups is 1. The number of aryl methyl sites for hydroxylation is 1. The molecule has 0 saturated carbocycles. The zero-order chi connectivity index (χ0) is 17.9. The summed E-state index contributed by atoms with van der Waals surface area (Å²) in [7, 11) is 2.00. The van der Waals surface area contributed by atoms with E-state index in [1.807, 2.05) is 66.5 Å². The Hall–Kier alpha value is -2.31. The van der Waals surface area contributed by atoms with E-state index in [9.17, 15) is 4.79 Å². The van der Waals surface area contributed by atoms with Crippen molar-refractivity contribution in [1.29, 1.82) is 0 Å². The van der Waals surface area contributed by atoms with Gasteiger partial charge in [0.2, 0.25) is 5.91 Å². The van der Waals surface area contributed by atoms with E-state index in [4.69, 9.17) is 9.72 Å². The van der Waals surface area contributed by atoms with Gasteiger partial charge >= 0.3 is 0 Å². The van der Waals surface area contributed by atoms with Gasteiger partial charge in [0.25, 0.3) is 0 Å². The third-order valence-corrected chi connectivity index (χ3v) is 5.90. The van der Waals surface area contributed by atoms with Crippen LogP contribution in [0.2, 0.25) is 0 Å². The monoisotopic (exact) mass is 367 g/mol. The van der Waals surface area contributed by atoms with Crippen molar-refractivity contribution in [3.8, 4) is 0 Å². The van der Waals surface area contributed by atoms with Crippen molar-refractivity contribution in [3.63, 3.8) is 0 Å². The van der Waals surface area contributed by atoms with E-state index < -0.39 is 0 Å². The number of hydrogen-bond donors (Lipinski definition) is 0. The van der Waals surface area contributed by atoms with E-state index in [-0.39, 0.29) is 11.2 Å². The van der Waals surface area contributed by atoms with Gasteiger partial charge in [-0.25, -0.2) is 4.98 Å². The lowest BCUT2D eigenvalue weighted by atomic mass is 10.1. The number of carbonyl (C=O) groups is 1. The second-order valence-electron chi connectivity index (χ2n) is 6.29. The Kier molecular flexibility index (Phi) is 4.95. The molecule has 1 atom stereocenters. The SMILES string of the molecule is Cn1c(SC(C(=O)N2CCOCC2)c2ccccc2)nc2ccccc21. The van der Waals surface area contributed by atoms with Gasteiger partial charge in [-0.15, -0.1) is 0 Å². The summed E-state index contributed by atoms with van der Waals surface area (Å²) < 4.78 is 7.45. The van der Waals surface area contributed by atoms with Crippen LogP contribution in [0.4, 0.5) is 0 Å². The number of ether oxygens (including phenoxy) is 1. The maximum absolute atomic E-state index is 13.2. The van der Waals surface area contributed by atoms with E-state index >= 15 is 0 Å². The minimum atomic E-state index is -0.315. The van der Waals surface area contributed by atoms with Crippen LogP contribution in [0.15, 0.2) is 59.8 Å². The number of morpholine rings is 1. The number of fused-ring (bicyclic) bond motifs is 1. The van der Waals surface area contributed by atoms with Gasteiger partial charge in [-0.3, -0.25) is 4.79 Å². The molecule has 0 aliphatic carbocycles. The first-order valence-corrected chi connectivity index (χ1v) is 9.61. The molecular weight excluding hydrogens is 346 g/mol. The molecule has 0 N–H and O–H groups in total. The van der Waals surface area contributed by atoms with Crippen LogP contribution in [-0.4, -0.2) is 46.7 Å². The maximum atomic E-state index is 13.2. The summed E-state index contributed by atoms with van der Waals surface area (Å²) in [6, 6.07) is 18.0. The number of imidazole rings is 1. The van der Waals surface area contributed by atoms with Crippen LogP contribution in [0.5, 0.6) is 0 Å². The molecule has 1 fully saturated rings. The van der Waals surface area contributed by atoms with E-state index in [1.165, 1.54) is 11.8 Å². The number of nitrogens with zero attached hydrogens (tertiary/aromatic N) is 3. The second kappa shape index (κ2) is 7.51. The normalized spacial score (nSPS) is 16.0. The summed E-state index contributed by atoms with van der Waals surface area (Å²) in [5.74, 6) is 0.122. The molecule has 1 saturated heterocycles. The zero-order valence-corrected chi connectivity index (χ0v) is 15.5. The van der Waals surface area contributed by atoms with Gasteiger partial charge in [-0.05, 0) is 17.7 Å². The van der Waals surface area contributed by atoms with Gasteiger partial charge in [-0.2, -0.15) is 0 Å². The van der Waals surface area contributed by atoms with Crippen molar-refractivity contribution in [3.05, 3.63) is 60.2 Å². The lowest BCUT2D eigenvalue weighted by Gasteiger charge is -2.30. The van der Waals surface area contributed by atoms with Crippen LogP contribution in [0, 0.1) is 0 Å². The summed E-state index contributed by atoms with van der Waals surface area (Å²) in [5, 5.41) is 0.534. The fourth-order valence-electron chi connectivity index (χ4n) is 3.17. The third kappa shape index (κ3) is 3.34. The molecule has 2 heterocycles. The average Bonchev–Trinajstić information content (AvgIpc) is 3.03. The fraction of sp³-hybridized carbons (Fsp3) is 0.300. The average molecular weight is 367 g/mol. The highest BCUT2D eigenvalue weighted by Crippen LogP contribution is 2.37. The Labute approximate surface area is 157 Å².